The molecule has 0 bridgehead atoms. The summed E-state index contributed by atoms with van der Waals surface area (Å²) in [6.45, 7) is 4.43. The molecule has 1 atom stereocenters. The van der Waals surface area contributed by atoms with Gasteiger partial charge in [-0.15, -0.1) is 0 Å². The van der Waals surface area contributed by atoms with Gasteiger partial charge in [-0.25, -0.2) is 0 Å². The van der Waals surface area contributed by atoms with Crippen molar-refractivity contribution in [2.45, 2.75) is 31.8 Å². The van der Waals surface area contributed by atoms with E-state index in [-0.39, 0.29) is 5.92 Å². The predicted octanol–water partition coefficient (Wildman–Crippen LogP) is 5.75. The fourth-order valence-corrected chi connectivity index (χ4v) is 3.66. The van der Waals surface area contributed by atoms with E-state index in [0.29, 0.717) is 5.92 Å². The monoisotopic (exact) mass is 330 g/mol. The number of aliphatic hydroxyl groups is 1. The first-order chi connectivity index (χ1) is 12.1. The second kappa shape index (κ2) is 7.67. The molecule has 0 aromatic heterocycles. The lowest BCUT2D eigenvalue weighted by Crippen LogP contribution is -2.35. The Morgan fingerprint density at radius 3 is 1.48 bits per heavy atom. The Labute approximate surface area is 151 Å². The molecule has 0 aliphatic rings. The van der Waals surface area contributed by atoms with Crippen LogP contribution in [0.1, 0.15) is 42.9 Å². The Morgan fingerprint density at radius 1 is 0.680 bits per heavy atom. The van der Waals surface area contributed by atoms with E-state index in [4.69, 9.17) is 0 Å². The predicted molar refractivity (Wildman–Crippen MR) is 105 cm³/mol. The highest BCUT2D eigenvalue weighted by Gasteiger charge is 2.41. The summed E-state index contributed by atoms with van der Waals surface area (Å²) in [7, 11) is 0. The average Bonchev–Trinajstić information content (AvgIpc) is 2.67. The summed E-state index contributed by atoms with van der Waals surface area (Å²) in [6, 6.07) is 30.5. The molecule has 0 unspecified atom stereocenters. The topological polar surface area (TPSA) is 20.2 Å². The molecule has 0 saturated carbocycles. The van der Waals surface area contributed by atoms with Crippen LogP contribution in [-0.4, -0.2) is 5.11 Å². The minimum absolute atomic E-state index is 0.0153. The molecule has 3 aromatic carbocycles. The van der Waals surface area contributed by atoms with Gasteiger partial charge in [0.15, 0.2) is 0 Å². The SMILES string of the molecule is CC(C)C[C@H](c1ccccc1)C(O)(c1ccccc1)c1ccccc1. The summed E-state index contributed by atoms with van der Waals surface area (Å²) in [5.41, 5.74) is 1.99. The third kappa shape index (κ3) is 3.67. The molecule has 0 fully saturated rings. The third-order valence-electron chi connectivity index (χ3n) is 4.84. The summed E-state index contributed by atoms with van der Waals surface area (Å²) >= 11 is 0. The molecule has 1 heteroatoms. The molecule has 0 amide bonds. The fourth-order valence-electron chi connectivity index (χ4n) is 3.66. The largest absolute Gasteiger partial charge is 0.380 e. The van der Waals surface area contributed by atoms with E-state index in [1.165, 1.54) is 5.56 Å². The van der Waals surface area contributed by atoms with Crippen LogP contribution in [0.2, 0.25) is 0 Å². The second-order valence-corrected chi connectivity index (χ2v) is 7.09. The fraction of sp³-hybridized carbons (Fsp3) is 0.250. The Bertz CT molecular complexity index is 723. The van der Waals surface area contributed by atoms with Crippen molar-refractivity contribution in [1.29, 1.82) is 0 Å². The third-order valence-corrected chi connectivity index (χ3v) is 4.84. The minimum atomic E-state index is -1.06. The average molecular weight is 330 g/mol. The molecule has 0 aliphatic carbocycles. The van der Waals surface area contributed by atoms with Crippen molar-refractivity contribution >= 4 is 0 Å². The zero-order valence-corrected chi connectivity index (χ0v) is 15.0. The summed E-state index contributed by atoms with van der Waals surface area (Å²) in [5, 5.41) is 12.1. The molecule has 128 valence electrons. The molecule has 1 nitrogen and oxygen atoms in total. The van der Waals surface area contributed by atoms with Gasteiger partial charge in [0, 0.05) is 5.92 Å². The van der Waals surface area contributed by atoms with E-state index in [2.05, 4.69) is 38.1 Å². The van der Waals surface area contributed by atoms with Crippen molar-refractivity contribution in [2.24, 2.45) is 5.92 Å². The molecule has 1 N–H and O–H groups in total. The lowest BCUT2D eigenvalue weighted by molar-refractivity contribution is 0.0414. The second-order valence-electron chi connectivity index (χ2n) is 7.09. The van der Waals surface area contributed by atoms with E-state index in [0.717, 1.165) is 17.5 Å². The van der Waals surface area contributed by atoms with Gasteiger partial charge in [-0.2, -0.15) is 0 Å². The molecule has 0 aliphatic heterocycles. The Morgan fingerprint density at radius 2 is 1.08 bits per heavy atom. The van der Waals surface area contributed by atoms with E-state index < -0.39 is 5.60 Å². The van der Waals surface area contributed by atoms with Gasteiger partial charge in [0.05, 0.1) is 0 Å². The van der Waals surface area contributed by atoms with Crippen LogP contribution < -0.4 is 0 Å². The van der Waals surface area contributed by atoms with Gasteiger partial charge in [0.25, 0.3) is 0 Å². The molecule has 3 rings (SSSR count). The first-order valence-electron chi connectivity index (χ1n) is 9.00. The molecule has 25 heavy (non-hydrogen) atoms. The van der Waals surface area contributed by atoms with Crippen LogP contribution in [0.4, 0.5) is 0 Å². The highest BCUT2D eigenvalue weighted by Crippen LogP contribution is 2.45. The lowest BCUT2D eigenvalue weighted by Gasteiger charge is -2.39. The van der Waals surface area contributed by atoms with Crippen molar-refractivity contribution in [1.82, 2.24) is 0 Å². The van der Waals surface area contributed by atoms with Gasteiger partial charge in [0.1, 0.15) is 5.60 Å². The normalized spacial score (nSPS) is 13.0. The van der Waals surface area contributed by atoms with Crippen molar-refractivity contribution in [3.8, 4) is 0 Å². The molecule has 0 spiro atoms. The molecular formula is C24H26O. The summed E-state index contributed by atoms with van der Waals surface area (Å²) in [6.07, 6.45) is 0.907. The van der Waals surface area contributed by atoms with Crippen molar-refractivity contribution < 1.29 is 5.11 Å². The van der Waals surface area contributed by atoms with Crippen molar-refractivity contribution in [3.05, 3.63) is 108 Å². The Hall–Kier alpha value is -2.38. The van der Waals surface area contributed by atoms with Crippen LogP contribution in [0, 0.1) is 5.92 Å². The zero-order valence-electron chi connectivity index (χ0n) is 15.0. The number of benzene rings is 3. The minimum Gasteiger partial charge on any atom is -0.380 e. The molecule has 0 radical (unpaired) electrons. The van der Waals surface area contributed by atoms with Crippen molar-refractivity contribution in [3.63, 3.8) is 0 Å². The van der Waals surface area contributed by atoms with Gasteiger partial charge in [0.2, 0.25) is 0 Å². The molecule has 0 heterocycles. The van der Waals surface area contributed by atoms with Gasteiger partial charge in [-0.05, 0) is 29.0 Å². The highest BCUT2D eigenvalue weighted by atomic mass is 16.3. The maximum Gasteiger partial charge on any atom is 0.121 e. The summed E-state index contributed by atoms with van der Waals surface area (Å²) in [5.74, 6) is 0.461. The lowest BCUT2D eigenvalue weighted by atomic mass is 9.70. The Kier molecular flexibility index (Phi) is 5.35. The van der Waals surface area contributed by atoms with E-state index in [1.807, 2.05) is 66.7 Å². The molecule has 3 aromatic rings. The maximum atomic E-state index is 12.1. The summed E-state index contributed by atoms with van der Waals surface area (Å²) in [4.78, 5) is 0. The number of hydrogen-bond donors (Lipinski definition) is 1. The standard InChI is InChI=1S/C24H26O/c1-19(2)18-23(20-12-6-3-7-13-20)24(25,21-14-8-4-9-15-21)22-16-10-5-11-17-22/h3-17,19,23,25H,18H2,1-2H3/t23-/m1/s1. The van der Waals surface area contributed by atoms with Crippen LogP contribution >= 0.6 is 0 Å². The van der Waals surface area contributed by atoms with Gasteiger partial charge in [-0.3, -0.25) is 0 Å². The van der Waals surface area contributed by atoms with Crippen molar-refractivity contribution in [2.75, 3.05) is 0 Å². The zero-order chi connectivity index (χ0) is 17.7. The van der Waals surface area contributed by atoms with Gasteiger partial charge < -0.3 is 5.11 Å². The van der Waals surface area contributed by atoms with Crippen LogP contribution in [-0.2, 0) is 5.60 Å². The first-order valence-corrected chi connectivity index (χ1v) is 9.00. The van der Waals surface area contributed by atoms with E-state index in [9.17, 15) is 5.11 Å². The Balaban J connectivity index is 2.21. The number of hydrogen-bond acceptors (Lipinski definition) is 1. The number of rotatable bonds is 6. The highest BCUT2D eigenvalue weighted by molar-refractivity contribution is 5.41. The molecular weight excluding hydrogens is 304 g/mol. The van der Waals surface area contributed by atoms with Gasteiger partial charge in [-0.1, -0.05) is 105 Å². The van der Waals surface area contributed by atoms with E-state index in [1.54, 1.807) is 0 Å². The van der Waals surface area contributed by atoms with E-state index >= 15 is 0 Å². The van der Waals surface area contributed by atoms with Gasteiger partial charge >= 0.3 is 0 Å². The quantitative estimate of drug-likeness (QED) is 0.610. The van der Waals surface area contributed by atoms with Crippen LogP contribution in [0.5, 0.6) is 0 Å². The maximum absolute atomic E-state index is 12.1. The van der Waals surface area contributed by atoms with Crippen LogP contribution in [0.15, 0.2) is 91.0 Å². The van der Waals surface area contributed by atoms with Crippen LogP contribution in [0.25, 0.3) is 0 Å². The first kappa shape index (κ1) is 17.4. The summed E-state index contributed by atoms with van der Waals surface area (Å²) < 4.78 is 0. The molecule has 0 saturated heterocycles. The van der Waals surface area contributed by atoms with Crippen LogP contribution in [0.3, 0.4) is 0 Å². The smallest absolute Gasteiger partial charge is 0.121 e.